The zero-order valence-corrected chi connectivity index (χ0v) is 22.2. The lowest BCUT2D eigenvalue weighted by molar-refractivity contribution is -0.113. The second-order valence-electron chi connectivity index (χ2n) is 8.81. The highest BCUT2D eigenvalue weighted by Gasteiger charge is 2.24. The van der Waals surface area contributed by atoms with E-state index < -0.39 is 11.2 Å². The van der Waals surface area contributed by atoms with Crippen LogP contribution in [0, 0.1) is 13.8 Å². The molecule has 2 aromatic carbocycles. The van der Waals surface area contributed by atoms with Gasteiger partial charge in [-0.1, -0.05) is 53.7 Å². The lowest BCUT2D eigenvalue weighted by Crippen LogP contribution is -2.37. The lowest BCUT2D eigenvalue weighted by atomic mass is 10.1. The van der Waals surface area contributed by atoms with Crippen LogP contribution >= 0.6 is 23.4 Å². The van der Waals surface area contributed by atoms with E-state index in [-0.39, 0.29) is 11.7 Å². The fourth-order valence-electron chi connectivity index (χ4n) is 4.36. The van der Waals surface area contributed by atoms with Gasteiger partial charge >= 0.3 is 5.69 Å². The normalized spacial score (nSPS) is 11.5. The Morgan fingerprint density at radius 1 is 1.00 bits per heavy atom. The summed E-state index contributed by atoms with van der Waals surface area (Å²) in [6.07, 6.45) is 0. The predicted molar refractivity (Wildman–Crippen MR) is 145 cm³/mol. The van der Waals surface area contributed by atoms with Crippen LogP contribution in [0.15, 0.2) is 57.2 Å². The lowest BCUT2D eigenvalue weighted by Gasteiger charge is -2.11. The molecule has 1 amide bonds. The molecule has 0 saturated carbocycles. The van der Waals surface area contributed by atoms with Gasteiger partial charge in [0.15, 0.2) is 16.3 Å². The highest BCUT2D eigenvalue weighted by atomic mass is 35.5. The molecule has 0 radical (unpaired) electrons. The summed E-state index contributed by atoms with van der Waals surface area (Å²) < 4.78 is 5.85. The smallest absolute Gasteiger partial charge is 0.325 e. The number of amides is 1. The molecule has 0 aliphatic carbocycles. The molecule has 0 fully saturated rings. The summed E-state index contributed by atoms with van der Waals surface area (Å²) in [4.78, 5) is 38.8. The van der Waals surface area contributed by atoms with Gasteiger partial charge in [0, 0.05) is 24.8 Å². The molecule has 0 unspecified atom stereocenters. The third-order valence-corrected chi connectivity index (χ3v) is 7.46. The van der Waals surface area contributed by atoms with Crippen molar-refractivity contribution >= 4 is 51.9 Å². The van der Waals surface area contributed by atoms with Crippen LogP contribution in [0.2, 0.25) is 5.02 Å². The first-order valence-corrected chi connectivity index (χ1v) is 12.8. The number of para-hydroxylation sites is 1. The van der Waals surface area contributed by atoms with Crippen LogP contribution < -0.4 is 16.6 Å². The van der Waals surface area contributed by atoms with E-state index in [1.54, 1.807) is 28.1 Å². The number of nitrogens with zero attached hydrogens (tertiary/aromatic N) is 6. The Balaban J connectivity index is 1.57. The van der Waals surface area contributed by atoms with E-state index in [2.05, 4.69) is 15.5 Å². The minimum absolute atomic E-state index is 0.0667. The van der Waals surface area contributed by atoms with Crippen LogP contribution in [0.25, 0.3) is 16.9 Å². The number of hydrogen-bond donors (Lipinski definition) is 1. The zero-order chi connectivity index (χ0) is 26.4. The van der Waals surface area contributed by atoms with Crippen LogP contribution in [-0.2, 0) is 25.4 Å². The van der Waals surface area contributed by atoms with E-state index in [0.717, 1.165) is 26.9 Å². The predicted octanol–water partition coefficient (Wildman–Crippen LogP) is 3.13. The van der Waals surface area contributed by atoms with E-state index in [1.807, 2.05) is 44.2 Å². The SMILES string of the molecule is Cc1cccc(C)c1NC(=O)CSc1nnc2n(Cc3ccc(Cl)cc3)c3c(=O)n(C)c(=O)n(C)c3n12. The number of fused-ring (bicyclic) bond motifs is 3. The molecule has 5 rings (SSSR count). The van der Waals surface area contributed by atoms with Gasteiger partial charge in [-0.15, -0.1) is 10.2 Å². The van der Waals surface area contributed by atoms with Crippen molar-refractivity contribution in [1.82, 2.24) is 28.3 Å². The van der Waals surface area contributed by atoms with Gasteiger partial charge < -0.3 is 5.32 Å². The van der Waals surface area contributed by atoms with Gasteiger partial charge in [-0.05, 0) is 42.7 Å². The van der Waals surface area contributed by atoms with Gasteiger partial charge in [-0.3, -0.25) is 23.3 Å². The second kappa shape index (κ2) is 9.56. The summed E-state index contributed by atoms with van der Waals surface area (Å²) in [6.45, 7) is 4.19. The molecule has 10 nitrogen and oxygen atoms in total. The Kier molecular flexibility index (Phi) is 6.42. The molecule has 0 atom stereocenters. The molecule has 0 spiro atoms. The number of hydrogen-bond acceptors (Lipinski definition) is 6. The van der Waals surface area contributed by atoms with Crippen LogP contribution in [0.5, 0.6) is 0 Å². The zero-order valence-electron chi connectivity index (χ0n) is 20.6. The molecule has 3 heterocycles. The molecule has 37 heavy (non-hydrogen) atoms. The Morgan fingerprint density at radius 3 is 2.35 bits per heavy atom. The minimum atomic E-state index is -0.472. The van der Waals surface area contributed by atoms with Crippen molar-refractivity contribution in [2.24, 2.45) is 14.1 Å². The number of thioether (sulfide) groups is 1. The number of rotatable bonds is 6. The van der Waals surface area contributed by atoms with Crippen molar-refractivity contribution in [3.63, 3.8) is 0 Å². The molecular formula is C25H24ClN7O3S. The van der Waals surface area contributed by atoms with Gasteiger partial charge in [0.05, 0.1) is 12.3 Å². The number of carbonyl (C=O) groups is 1. The van der Waals surface area contributed by atoms with E-state index >= 15 is 0 Å². The summed E-state index contributed by atoms with van der Waals surface area (Å²) in [6, 6.07) is 13.1. The molecule has 12 heteroatoms. The van der Waals surface area contributed by atoms with E-state index in [9.17, 15) is 14.4 Å². The quantitative estimate of drug-likeness (QED) is 0.333. The molecule has 190 valence electrons. The summed E-state index contributed by atoms with van der Waals surface area (Å²) in [7, 11) is 3.04. The molecule has 5 aromatic rings. The van der Waals surface area contributed by atoms with Crippen LogP contribution in [-0.4, -0.2) is 40.0 Å². The minimum Gasteiger partial charge on any atom is -0.325 e. The number of aryl methyl sites for hydroxylation is 3. The maximum atomic E-state index is 13.3. The molecule has 0 bridgehead atoms. The van der Waals surface area contributed by atoms with E-state index in [4.69, 9.17) is 11.6 Å². The van der Waals surface area contributed by atoms with Gasteiger partial charge in [0.25, 0.3) is 5.56 Å². The third kappa shape index (κ3) is 4.34. The molecular weight excluding hydrogens is 514 g/mol. The van der Waals surface area contributed by atoms with Crippen LogP contribution in [0.4, 0.5) is 5.69 Å². The summed E-state index contributed by atoms with van der Waals surface area (Å²) in [5, 5.41) is 12.6. The molecule has 0 saturated heterocycles. The van der Waals surface area contributed by atoms with Gasteiger partial charge in [0.1, 0.15) is 0 Å². The number of nitrogens with one attached hydrogen (secondary N) is 1. The van der Waals surface area contributed by atoms with Crippen molar-refractivity contribution in [3.8, 4) is 0 Å². The van der Waals surface area contributed by atoms with Crippen LogP contribution in [0.1, 0.15) is 16.7 Å². The molecule has 3 aromatic heterocycles. The fraction of sp³-hybridized carbons (Fsp3) is 0.240. The first kappa shape index (κ1) is 24.8. The van der Waals surface area contributed by atoms with Crippen molar-refractivity contribution in [2.75, 3.05) is 11.1 Å². The third-order valence-electron chi connectivity index (χ3n) is 6.28. The second-order valence-corrected chi connectivity index (χ2v) is 10.2. The molecule has 1 N–H and O–H groups in total. The topological polar surface area (TPSA) is 108 Å². The van der Waals surface area contributed by atoms with Crippen molar-refractivity contribution in [1.29, 1.82) is 0 Å². The van der Waals surface area contributed by atoms with Crippen LogP contribution in [0.3, 0.4) is 0 Å². The average molecular weight is 538 g/mol. The highest BCUT2D eigenvalue weighted by molar-refractivity contribution is 7.99. The molecule has 0 aliphatic heterocycles. The average Bonchev–Trinajstić information content (AvgIpc) is 3.42. The standard InChI is InChI=1S/C25H24ClN7O3S/c1-14-6-5-7-15(2)19(14)27-18(34)13-37-24-29-28-23-32(12-16-8-10-17(26)11-9-16)20-21(33(23)24)30(3)25(36)31(4)22(20)35/h5-11H,12-13H2,1-4H3,(H,27,34). The maximum absolute atomic E-state index is 13.3. The fourth-order valence-corrected chi connectivity index (χ4v) is 5.22. The molecule has 0 aliphatic rings. The largest absolute Gasteiger partial charge is 0.332 e. The maximum Gasteiger partial charge on any atom is 0.332 e. The Bertz CT molecular complexity index is 1780. The first-order chi connectivity index (χ1) is 17.7. The Hall–Kier alpha value is -3.83. The van der Waals surface area contributed by atoms with Crippen molar-refractivity contribution in [3.05, 3.63) is 85.0 Å². The number of halogens is 1. The van der Waals surface area contributed by atoms with Crippen molar-refractivity contribution < 1.29 is 4.79 Å². The number of imidazole rings is 1. The number of benzene rings is 2. The van der Waals surface area contributed by atoms with Gasteiger partial charge in [-0.25, -0.2) is 9.20 Å². The van der Waals surface area contributed by atoms with Gasteiger partial charge in [-0.2, -0.15) is 0 Å². The Labute approximate surface area is 220 Å². The summed E-state index contributed by atoms with van der Waals surface area (Å²) in [5.74, 6) is 0.256. The monoisotopic (exact) mass is 537 g/mol. The van der Waals surface area contributed by atoms with Crippen molar-refractivity contribution in [2.45, 2.75) is 25.5 Å². The Morgan fingerprint density at radius 2 is 1.68 bits per heavy atom. The highest BCUT2D eigenvalue weighted by Crippen LogP contribution is 2.26. The number of aromatic nitrogens is 6. The van der Waals surface area contributed by atoms with E-state index in [1.165, 1.54) is 23.4 Å². The summed E-state index contributed by atoms with van der Waals surface area (Å²) in [5.41, 5.74) is 3.38. The summed E-state index contributed by atoms with van der Waals surface area (Å²) >= 11 is 7.22. The number of anilines is 1. The van der Waals surface area contributed by atoms with E-state index in [0.29, 0.717) is 33.7 Å². The van der Waals surface area contributed by atoms with Gasteiger partial charge in [0.2, 0.25) is 11.7 Å². The number of carbonyl (C=O) groups excluding carboxylic acids is 1. The first-order valence-electron chi connectivity index (χ1n) is 11.4.